The molecule has 1 N–H and O–H groups in total. The molecule has 0 bridgehead atoms. The first-order valence-electron chi connectivity index (χ1n) is 11.1. The van der Waals surface area contributed by atoms with Crippen LogP contribution in [0.15, 0.2) is 66.9 Å². The van der Waals surface area contributed by atoms with Crippen molar-refractivity contribution in [2.24, 2.45) is 0 Å². The van der Waals surface area contributed by atoms with Crippen molar-refractivity contribution >= 4 is 17.6 Å². The maximum absolute atomic E-state index is 12.9. The van der Waals surface area contributed by atoms with Crippen LogP contribution in [0.2, 0.25) is 0 Å². The molecule has 1 aliphatic heterocycles. The van der Waals surface area contributed by atoms with Crippen molar-refractivity contribution in [3.05, 3.63) is 83.6 Å². The molecule has 6 heteroatoms. The van der Waals surface area contributed by atoms with E-state index in [4.69, 9.17) is 0 Å². The molecule has 2 heterocycles. The summed E-state index contributed by atoms with van der Waals surface area (Å²) in [4.78, 5) is 33.6. The average Bonchev–Trinajstić information content (AvgIpc) is 3.56. The number of carbonyl (C=O) groups excluding carboxylic acids is 2. The zero-order valence-corrected chi connectivity index (χ0v) is 18.1. The van der Waals surface area contributed by atoms with Crippen LogP contribution < -0.4 is 10.2 Å². The van der Waals surface area contributed by atoms with Gasteiger partial charge in [-0.3, -0.25) is 14.7 Å². The largest absolute Gasteiger partial charge is 0.349 e. The van der Waals surface area contributed by atoms with Crippen LogP contribution in [0.5, 0.6) is 0 Å². The number of benzene rings is 2. The van der Waals surface area contributed by atoms with Crippen LogP contribution in [0.1, 0.15) is 34.3 Å². The van der Waals surface area contributed by atoms with Gasteiger partial charge in [-0.05, 0) is 55.2 Å². The first-order valence-corrected chi connectivity index (χ1v) is 11.1. The molecule has 162 valence electrons. The van der Waals surface area contributed by atoms with Gasteiger partial charge in [0, 0.05) is 36.8 Å². The number of anilines is 1. The zero-order valence-electron chi connectivity index (χ0n) is 18.1. The summed E-state index contributed by atoms with van der Waals surface area (Å²) < 4.78 is 0. The highest BCUT2D eigenvalue weighted by Crippen LogP contribution is 2.27. The monoisotopic (exact) mass is 426 g/mol. The Bertz CT molecular complexity index is 1140. The quantitative estimate of drug-likeness (QED) is 0.636. The lowest BCUT2D eigenvalue weighted by Gasteiger charge is -2.19. The van der Waals surface area contributed by atoms with E-state index in [9.17, 15) is 9.59 Å². The van der Waals surface area contributed by atoms with E-state index in [0.29, 0.717) is 31.2 Å². The van der Waals surface area contributed by atoms with Gasteiger partial charge >= 0.3 is 6.03 Å². The number of nitrogens with zero attached hydrogens (tertiary/aromatic N) is 3. The summed E-state index contributed by atoms with van der Waals surface area (Å²) >= 11 is 0. The number of aromatic nitrogens is 1. The third-order valence-corrected chi connectivity index (χ3v) is 6.06. The smallest absolute Gasteiger partial charge is 0.324 e. The fourth-order valence-electron chi connectivity index (χ4n) is 4.01. The van der Waals surface area contributed by atoms with Crippen molar-refractivity contribution in [3.8, 4) is 11.3 Å². The summed E-state index contributed by atoms with van der Waals surface area (Å²) in [5.74, 6) is -0.0356. The minimum atomic E-state index is -0.0356. The first-order chi connectivity index (χ1) is 15.6. The Morgan fingerprint density at radius 1 is 1.06 bits per heavy atom. The number of hydrogen-bond donors (Lipinski definition) is 1. The minimum absolute atomic E-state index is 0.00155. The fraction of sp³-hybridized carbons (Fsp3) is 0.269. The summed E-state index contributed by atoms with van der Waals surface area (Å²) in [6, 6.07) is 19.9. The van der Waals surface area contributed by atoms with E-state index in [2.05, 4.69) is 10.3 Å². The molecule has 5 rings (SSSR count). The lowest BCUT2D eigenvalue weighted by molar-refractivity contribution is 0.0951. The summed E-state index contributed by atoms with van der Waals surface area (Å²) in [5.41, 5.74) is 5.33. The lowest BCUT2D eigenvalue weighted by Crippen LogP contribution is -2.31. The Balaban J connectivity index is 1.31. The van der Waals surface area contributed by atoms with Crippen molar-refractivity contribution in [1.29, 1.82) is 0 Å². The molecule has 2 aliphatic rings. The van der Waals surface area contributed by atoms with Crippen LogP contribution in [0.4, 0.5) is 10.5 Å². The number of amides is 3. The molecule has 2 aromatic carbocycles. The number of hydrogen-bond acceptors (Lipinski definition) is 3. The second-order valence-corrected chi connectivity index (χ2v) is 8.52. The maximum Gasteiger partial charge on any atom is 0.324 e. The molecule has 0 spiro atoms. The van der Waals surface area contributed by atoms with Gasteiger partial charge < -0.3 is 10.2 Å². The summed E-state index contributed by atoms with van der Waals surface area (Å²) in [5, 5.41) is 3.03. The molecule has 3 aromatic rings. The highest BCUT2D eigenvalue weighted by atomic mass is 16.2. The molecule has 6 nitrogen and oxygen atoms in total. The van der Waals surface area contributed by atoms with Gasteiger partial charge in [0.2, 0.25) is 0 Å². The zero-order chi connectivity index (χ0) is 22.1. The second kappa shape index (κ2) is 8.46. The van der Waals surface area contributed by atoms with E-state index in [1.807, 2.05) is 72.5 Å². The van der Waals surface area contributed by atoms with Crippen LogP contribution in [0, 0.1) is 6.92 Å². The maximum atomic E-state index is 12.9. The van der Waals surface area contributed by atoms with Crippen LogP contribution >= 0.6 is 0 Å². The normalized spacial score (nSPS) is 15.8. The Kier molecular flexibility index (Phi) is 5.35. The molecule has 0 atom stereocenters. The molecule has 32 heavy (non-hydrogen) atoms. The van der Waals surface area contributed by atoms with E-state index in [1.165, 1.54) is 0 Å². The Hall–Kier alpha value is -3.67. The second-order valence-electron chi connectivity index (χ2n) is 8.52. The summed E-state index contributed by atoms with van der Waals surface area (Å²) in [6.45, 7) is 3.95. The van der Waals surface area contributed by atoms with Crippen molar-refractivity contribution in [3.63, 3.8) is 0 Å². The summed E-state index contributed by atoms with van der Waals surface area (Å²) in [6.07, 6.45) is 3.87. The van der Waals surface area contributed by atoms with Gasteiger partial charge in [-0.2, -0.15) is 0 Å². The van der Waals surface area contributed by atoms with Gasteiger partial charge in [0.05, 0.1) is 17.6 Å². The molecular weight excluding hydrogens is 400 g/mol. The van der Waals surface area contributed by atoms with Gasteiger partial charge in [0.15, 0.2) is 0 Å². The van der Waals surface area contributed by atoms with Gasteiger partial charge in [0.25, 0.3) is 5.91 Å². The molecule has 1 aromatic heterocycles. The molecule has 0 unspecified atom stereocenters. The first kappa shape index (κ1) is 20.2. The third kappa shape index (κ3) is 4.21. The SMILES string of the molecule is Cc1ccc(C(=O)NC2CC2)cc1-c1ccc(N2CCN(Cc3ccccc3)C2=O)cn1. The van der Waals surface area contributed by atoms with E-state index in [0.717, 1.165) is 40.9 Å². The highest BCUT2D eigenvalue weighted by molar-refractivity contribution is 5.96. The van der Waals surface area contributed by atoms with Crippen molar-refractivity contribution in [2.75, 3.05) is 18.0 Å². The lowest BCUT2D eigenvalue weighted by atomic mass is 10.0. The predicted molar refractivity (Wildman–Crippen MR) is 124 cm³/mol. The van der Waals surface area contributed by atoms with Crippen LogP contribution in [-0.4, -0.2) is 41.0 Å². The third-order valence-electron chi connectivity index (χ3n) is 6.06. The average molecular weight is 427 g/mol. The van der Waals surface area contributed by atoms with E-state index in [-0.39, 0.29) is 11.9 Å². The molecule has 1 saturated carbocycles. The fourth-order valence-corrected chi connectivity index (χ4v) is 4.01. The number of carbonyl (C=O) groups is 2. The van der Waals surface area contributed by atoms with Crippen LogP contribution in [-0.2, 0) is 6.54 Å². The molecular formula is C26H26N4O2. The number of urea groups is 1. The Labute approximate surface area is 187 Å². The molecule has 2 fully saturated rings. The predicted octanol–water partition coefficient (Wildman–Crippen LogP) is 4.39. The molecule has 1 saturated heterocycles. The molecule has 3 amide bonds. The molecule has 0 radical (unpaired) electrons. The van der Waals surface area contributed by atoms with E-state index >= 15 is 0 Å². The number of pyridine rings is 1. The van der Waals surface area contributed by atoms with Gasteiger partial charge in [-0.15, -0.1) is 0 Å². The van der Waals surface area contributed by atoms with Crippen molar-refractivity contribution in [2.45, 2.75) is 32.4 Å². The van der Waals surface area contributed by atoms with Gasteiger partial charge in [-0.25, -0.2) is 4.79 Å². The Morgan fingerprint density at radius 3 is 2.59 bits per heavy atom. The van der Waals surface area contributed by atoms with Crippen LogP contribution in [0.3, 0.4) is 0 Å². The van der Waals surface area contributed by atoms with Crippen molar-refractivity contribution < 1.29 is 9.59 Å². The highest BCUT2D eigenvalue weighted by Gasteiger charge is 2.29. The topological polar surface area (TPSA) is 65.5 Å². The molecule has 1 aliphatic carbocycles. The number of nitrogens with one attached hydrogen (secondary N) is 1. The number of aryl methyl sites for hydroxylation is 1. The van der Waals surface area contributed by atoms with Crippen molar-refractivity contribution in [1.82, 2.24) is 15.2 Å². The Morgan fingerprint density at radius 2 is 1.88 bits per heavy atom. The van der Waals surface area contributed by atoms with Crippen LogP contribution in [0.25, 0.3) is 11.3 Å². The van der Waals surface area contributed by atoms with E-state index < -0.39 is 0 Å². The van der Waals surface area contributed by atoms with E-state index in [1.54, 1.807) is 11.1 Å². The van der Waals surface area contributed by atoms with Gasteiger partial charge in [0.1, 0.15) is 0 Å². The summed E-state index contributed by atoms with van der Waals surface area (Å²) in [7, 11) is 0. The standard InChI is InChI=1S/C26H26N4O2/c1-18-7-8-20(25(31)28-21-9-10-21)15-23(18)24-12-11-22(16-27-24)30-14-13-29(26(30)32)17-19-5-3-2-4-6-19/h2-8,11-12,15-16,21H,9-10,13-14,17H2,1H3,(H,28,31). The number of rotatable bonds is 6. The minimum Gasteiger partial charge on any atom is -0.349 e. The van der Waals surface area contributed by atoms with Gasteiger partial charge in [-0.1, -0.05) is 36.4 Å².